The van der Waals surface area contributed by atoms with Crippen LogP contribution in [0.25, 0.3) is 44.4 Å². The van der Waals surface area contributed by atoms with E-state index < -0.39 is 0 Å². The second kappa shape index (κ2) is 14.7. The van der Waals surface area contributed by atoms with Gasteiger partial charge in [-0.1, -0.05) is 122 Å². The summed E-state index contributed by atoms with van der Waals surface area (Å²) in [6.45, 7) is 22.3. The second-order valence-electron chi connectivity index (χ2n) is 16.5. The van der Waals surface area contributed by atoms with Crippen LogP contribution in [0.3, 0.4) is 0 Å². The van der Waals surface area contributed by atoms with Crippen molar-refractivity contribution in [2.75, 3.05) is 0 Å². The zero-order valence-corrected chi connectivity index (χ0v) is 34.9. The summed E-state index contributed by atoms with van der Waals surface area (Å²) in [6.07, 6.45) is 3.81. The van der Waals surface area contributed by atoms with Crippen LogP contribution in [0.2, 0.25) is 0 Å². The maximum atomic E-state index is 6.73. The molecule has 0 bridgehead atoms. The second-order valence-corrected chi connectivity index (χ2v) is 16.5. The van der Waals surface area contributed by atoms with E-state index in [2.05, 4.69) is 169 Å². The first-order valence-corrected chi connectivity index (χ1v) is 18.6. The molecule has 0 aliphatic carbocycles. The Kier molecular flexibility index (Phi) is 10.6. The molecule has 0 saturated heterocycles. The molecule has 6 heteroatoms. The van der Waals surface area contributed by atoms with Gasteiger partial charge in [-0.3, -0.25) is 4.68 Å². The molecule has 0 radical (unpaired) electrons. The van der Waals surface area contributed by atoms with Gasteiger partial charge in [-0.15, -0.1) is 41.3 Å². The van der Waals surface area contributed by atoms with Crippen molar-refractivity contribution in [3.8, 4) is 34.1 Å². The molecule has 0 atom stereocenters. The van der Waals surface area contributed by atoms with Crippen molar-refractivity contribution in [1.82, 2.24) is 19.3 Å². The van der Waals surface area contributed by atoms with Crippen LogP contribution in [0.5, 0.6) is 11.5 Å². The van der Waals surface area contributed by atoms with Gasteiger partial charge in [-0.2, -0.15) is 11.2 Å². The number of hydrogen-bond donors (Lipinski definition) is 0. The van der Waals surface area contributed by atoms with E-state index in [1.807, 2.05) is 12.3 Å². The summed E-state index contributed by atoms with van der Waals surface area (Å²) in [5.41, 5.74) is 11.0. The molecule has 0 spiro atoms. The van der Waals surface area contributed by atoms with E-state index in [1.165, 1.54) is 27.9 Å². The largest absolute Gasteiger partial charge is 2.00 e. The summed E-state index contributed by atoms with van der Waals surface area (Å²) in [5.74, 6) is 2.39. The molecule has 0 saturated carbocycles. The third kappa shape index (κ3) is 7.51. The van der Waals surface area contributed by atoms with Crippen LogP contribution in [-0.4, -0.2) is 19.3 Å². The first kappa shape index (κ1) is 38.3. The quantitative estimate of drug-likeness (QED) is 0.143. The minimum absolute atomic E-state index is 0. The molecule has 0 aliphatic heterocycles. The van der Waals surface area contributed by atoms with Crippen LogP contribution >= 0.6 is 0 Å². The van der Waals surface area contributed by atoms with E-state index in [4.69, 9.17) is 14.8 Å². The summed E-state index contributed by atoms with van der Waals surface area (Å²) in [6, 6.07) is 37.4. The molecule has 0 unspecified atom stereocenters. The number of nitrogens with zero attached hydrogens (tertiary/aromatic N) is 4. The van der Waals surface area contributed by atoms with Crippen LogP contribution in [0.4, 0.5) is 0 Å². The van der Waals surface area contributed by atoms with E-state index in [0.717, 1.165) is 57.4 Å². The number of ether oxygens (including phenoxy) is 1. The molecule has 0 amide bonds. The molecule has 274 valence electrons. The Morgan fingerprint density at radius 2 is 1.53 bits per heavy atom. The fraction of sp³-hybridized carbons (Fsp3) is 0.319. The van der Waals surface area contributed by atoms with Crippen LogP contribution in [0.15, 0.2) is 91.1 Å². The molecule has 0 fully saturated rings. The topological polar surface area (TPSA) is 44.9 Å². The van der Waals surface area contributed by atoms with Crippen molar-refractivity contribution in [1.29, 1.82) is 0 Å². The van der Waals surface area contributed by atoms with Crippen LogP contribution in [-0.2, 0) is 38.3 Å². The van der Waals surface area contributed by atoms with Crippen molar-refractivity contribution < 1.29 is 25.8 Å². The van der Waals surface area contributed by atoms with Gasteiger partial charge in [-0.25, -0.2) is 4.98 Å². The number of benzene rings is 4. The summed E-state index contributed by atoms with van der Waals surface area (Å²) in [4.78, 5) is 4.85. The zero-order valence-electron chi connectivity index (χ0n) is 32.7. The van der Waals surface area contributed by atoms with Gasteiger partial charge in [0.25, 0.3) is 0 Å². The maximum Gasteiger partial charge on any atom is 2.00 e. The number of aromatic nitrogens is 4. The number of para-hydroxylation sites is 1. The average Bonchev–Trinajstić information content (AvgIpc) is 3.64. The van der Waals surface area contributed by atoms with Gasteiger partial charge >= 0.3 is 21.1 Å². The summed E-state index contributed by atoms with van der Waals surface area (Å²) < 4.78 is 11.1. The molecule has 3 heterocycles. The van der Waals surface area contributed by atoms with Gasteiger partial charge < -0.3 is 9.30 Å². The van der Waals surface area contributed by atoms with Gasteiger partial charge in [0.15, 0.2) is 0 Å². The van der Waals surface area contributed by atoms with Gasteiger partial charge in [0.05, 0.1) is 11.4 Å². The van der Waals surface area contributed by atoms with E-state index in [9.17, 15) is 0 Å². The fourth-order valence-corrected chi connectivity index (χ4v) is 7.11. The molecule has 53 heavy (non-hydrogen) atoms. The van der Waals surface area contributed by atoms with Gasteiger partial charge in [0.1, 0.15) is 5.82 Å². The Hall–Kier alpha value is -4.47. The molecule has 7 rings (SSSR count). The van der Waals surface area contributed by atoms with Crippen molar-refractivity contribution >= 4 is 21.8 Å². The van der Waals surface area contributed by atoms with Crippen molar-refractivity contribution in [2.24, 2.45) is 0 Å². The maximum absolute atomic E-state index is 6.73. The van der Waals surface area contributed by atoms with Crippen molar-refractivity contribution in [3.63, 3.8) is 0 Å². The molecular formula is C47H50N4OPt. The van der Waals surface area contributed by atoms with Gasteiger partial charge in [-0.05, 0) is 65.1 Å². The molecule has 0 aliphatic rings. The van der Waals surface area contributed by atoms with Crippen LogP contribution in [0.1, 0.15) is 103 Å². The number of pyridine rings is 1. The third-order valence-electron chi connectivity index (χ3n) is 9.86. The smallest absolute Gasteiger partial charge is 0.509 e. The van der Waals surface area contributed by atoms with E-state index in [1.54, 1.807) is 0 Å². The van der Waals surface area contributed by atoms with Crippen LogP contribution < -0.4 is 4.74 Å². The Morgan fingerprint density at radius 3 is 2.21 bits per heavy atom. The van der Waals surface area contributed by atoms with Gasteiger partial charge in [0.2, 0.25) is 0 Å². The fourth-order valence-electron chi connectivity index (χ4n) is 7.11. The monoisotopic (exact) mass is 881 g/mol. The summed E-state index contributed by atoms with van der Waals surface area (Å²) in [5, 5.41) is 7.58. The molecule has 3 aromatic heterocycles. The molecule has 5 nitrogen and oxygen atoms in total. The Labute approximate surface area is 329 Å². The number of fused-ring (bicyclic) bond motifs is 3. The molecule has 0 N–H and O–H groups in total. The zero-order chi connectivity index (χ0) is 36.9. The van der Waals surface area contributed by atoms with E-state index in [0.29, 0.717) is 11.5 Å². The minimum Gasteiger partial charge on any atom is -0.509 e. The number of rotatable bonds is 8. The molecular weight excluding hydrogens is 832 g/mol. The van der Waals surface area contributed by atoms with Crippen molar-refractivity contribution in [2.45, 2.75) is 98.8 Å². The predicted molar refractivity (Wildman–Crippen MR) is 216 cm³/mol. The van der Waals surface area contributed by atoms with E-state index >= 15 is 0 Å². The van der Waals surface area contributed by atoms with E-state index in [-0.39, 0.29) is 37.8 Å². The predicted octanol–water partition coefficient (Wildman–Crippen LogP) is 12.4. The Balaban J connectivity index is 0.00000481. The summed E-state index contributed by atoms with van der Waals surface area (Å²) in [7, 11) is 0. The normalized spacial score (nSPS) is 12.1. The molecule has 7 aromatic rings. The minimum atomic E-state index is -0.188. The first-order valence-electron chi connectivity index (χ1n) is 18.6. The SMILES string of the molecule is CCCc1nn(-c2[c-]c(Oc3[c-]c4c(cc3)c3ccccc3n4-c3cc(C(C)(C)C)ccn3)cc(C(C)C)c2)c(C(C)(C)C)c1-c1ccc(C)cc1.[Pt+2]. The number of aryl methyl sites for hydroxylation is 2. The average molecular weight is 882 g/mol. The van der Waals surface area contributed by atoms with Gasteiger partial charge in [0, 0.05) is 34.2 Å². The Bertz CT molecular complexity index is 2400. The third-order valence-corrected chi connectivity index (χ3v) is 9.86. The first-order chi connectivity index (χ1) is 24.7. The Morgan fingerprint density at radius 1 is 0.792 bits per heavy atom. The van der Waals surface area contributed by atoms with Crippen LogP contribution in [0, 0.1) is 19.1 Å². The standard InChI is InChI=1S/C47H50N4O.Pt/c1-11-14-40-44(32-19-17-31(4)18-20-32)45(47(8,9)10)51(49-40)35-25-33(30(2)3)26-37(28-35)52-36-21-22-39-38-15-12-13-16-41(38)50(42(39)29-36)43-27-34(23-24-48-43)46(5,6)7;/h12-13,15-27,30H,11,14H2,1-10H3;/q-2;+2. The number of hydrogen-bond acceptors (Lipinski definition) is 3. The summed E-state index contributed by atoms with van der Waals surface area (Å²) >= 11 is 0. The molecule has 4 aromatic carbocycles. The van der Waals surface area contributed by atoms with Crippen molar-refractivity contribution in [3.05, 3.63) is 131 Å².